The monoisotopic (exact) mass is 615 g/mol. The second kappa shape index (κ2) is 13.5. The number of nitrogens with zero attached hydrogens (tertiary/aromatic N) is 4. The van der Waals surface area contributed by atoms with Gasteiger partial charge in [0.1, 0.15) is 5.75 Å². The first-order valence-electron chi connectivity index (χ1n) is 13.3. The summed E-state index contributed by atoms with van der Waals surface area (Å²) in [5.74, 6) is 0.647. The smallest absolute Gasteiger partial charge is 0.264 e. The van der Waals surface area contributed by atoms with Gasteiger partial charge in [-0.2, -0.15) is 0 Å². The zero-order valence-corrected chi connectivity index (χ0v) is 25.5. The Morgan fingerprint density at radius 2 is 1.73 bits per heavy atom. The number of rotatable bonds is 10. The van der Waals surface area contributed by atoms with Crippen LogP contribution in [0.5, 0.6) is 5.75 Å². The van der Waals surface area contributed by atoms with Crippen LogP contribution in [0.1, 0.15) is 17.3 Å². The van der Waals surface area contributed by atoms with Gasteiger partial charge in [-0.25, -0.2) is 13.4 Å². The third-order valence-corrected chi connectivity index (χ3v) is 9.79. The van der Waals surface area contributed by atoms with E-state index >= 15 is 0 Å². The molecule has 218 valence electrons. The van der Waals surface area contributed by atoms with Gasteiger partial charge in [0, 0.05) is 51.9 Å². The number of hydrogen-bond acceptors (Lipinski definition) is 8. The van der Waals surface area contributed by atoms with Crippen molar-refractivity contribution in [3.05, 3.63) is 78.4 Å². The molecule has 5 rings (SSSR count). The number of hydrogen-bond donors (Lipinski definition) is 1. The lowest BCUT2D eigenvalue weighted by Crippen LogP contribution is -2.48. The van der Waals surface area contributed by atoms with Crippen molar-refractivity contribution < 1.29 is 17.9 Å². The van der Waals surface area contributed by atoms with Gasteiger partial charge in [0.15, 0.2) is 5.13 Å². The topological polar surface area (TPSA) is 95.1 Å². The Morgan fingerprint density at radius 3 is 2.41 bits per heavy atom. The van der Waals surface area contributed by atoms with Crippen molar-refractivity contribution in [2.24, 2.45) is 0 Å². The van der Waals surface area contributed by atoms with E-state index in [2.05, 4.69) is 21.2 Å². The average molecular weight is 616 g/mol. The number of halogens is 1. The number of amides is 1. The van der Waals surface area contributed by atoms with Crippen LogP contribution in [0.3, 0.4) is 0 Å². The Hall–Kier alpha value is -3.38. The number of nitrogens with one attached hydrogen (secondary N) is 1. The molecule has 9 nitrogen and oxygen atoms in total. The van der Waals surface area contributed by atoms with Crippen LogP contribution in [0.4, 0.5) is 10.8 Å². The van der Waals surface area contributed by atoms with E-state index in [1.54, 1.807) is 47.7 Å². The maximum absolute atomic E-state index is 13.0. The predicted molar refractivity (Wildman–Crippen MR) is 167 cm³/mol. The first kappa shape index (κ1) is 30.6. The molecular formula is C29H34ClN5O4S2. The van der Waals surface area contributed by atoms with Crippen LogP contribution >= 0.6 is 23.7 Å². The van der Waals surface area contributed by atoms with Crippen LogP contribution in [0.25, 0.3) is 10.2 Å². The van der Waals surface area contributed by atoms with Gasteiger partial charge < -0.3 is 15.0 Å². The summed E-state index contributed by atoms with van der Waals surface area (Å²) in [6.07, 6.45) is 0. The molecule has 3 aromatic carbocycles. The Morgan fingerprint density at radius 1 is 1.02 bits per heavy atom. The van der Waals surface area contributed by atoms with Gasteiger partial charge in [-0.05, 0) is 61.5 Å². The van der Waals surface area contributed by atoms with Gasteiger partial charge in [0.05, 0.1) is 27.4 Å². The first-order valence-corrected chi connectivity index (χ1v) is 15.5. The SMILES string of the molecule is CCOc1ccc2nc(N3CCN(CCNC(=O)c4ccc(S(=O)(=O)N(C)c5ccccc5)cc4)CC3)sc2c1.Cl. The molecule has 0 radical (unpaired) electrons. The molecule has 4 aromatic rings. The molecule has 0 saturated carbocycles. The first-order chi connectivity index (χ1) is 19.3. The van der Waals surface area contributed by atoms with E-state index in [9.17, 15) is 13.2 Å². The number of carbonyl (C=O) groups is 1. The number of fused-ring (bicyclic) bond motifs is 1. The Bertz CT molecular complexity index is 1560. The third kappa shape index (κ3) is 7.10. The fourth-order valence-corrected chi connectivity index (χ4v) is 6.83. The molecule has 0 aliphatic carbocycles. The normalized spacial score (nSPS) is 14.0. The average Bonchev–Trinajstić information content (AvgIpc) is 3.41. The summed E-state index contributed by atoms with van der Waals surface area (Å²) < 4.78 is 33.9. The van der Waals surface area contributed by atoms with E-state index in [0.717, 1.165) is 53.8 Å². The number of aromatic nitrogens is 1. The maximum atomic E-state index is 13.0. The summed E-state index contributed by atoms with van der Waals surface area (Å²) in [5.41, 5.74) is 1.98. The Kier molecular flexibility index (Phi) is 10.1. The fourth-order valence-electron chi connectivity index (χ4n) is 4.59. The van der Waals surface area contributed by atoms with Crippen molar-refractivity contribution in [2.45, 2.75) is 11.8 Å². The summed E-state index contributed by atoms with van der Waals surface area (Å²) in [6, 6.07) is 20.9. The number of carbonyl (C=O) groups excluding carboxylic acids is 1. The van der Waals surface area contributed by atoms with Crippen LogP contribution in [-0.4, -0.2) is 77.1 Å². The second-order valence-electron chi connectivity index (χ2n) is 9.48. The summed E-state index contributed by atoms with van der Waals surface area (Å²) in [6.45, 7) is 7.39. The van der Waals surface area contributed by atoms with E-state index in [1.807, 2.05) is 25.1 Å². The molecule has 0 unspecified atom stereocenters. The number of thiazole rings is 1. The van der Waals surface area contributed by atoms with Gasteiger partial charge in [0.25, 0.3) is 15.9 Å². The highest BCUT2D eigenvalue weighted by Gasteiger charge is 2.22. The van der Waals surface area contributed by atoms with Crippen LogP contribution in [0.2, 0.25) is 0 Å². The van der Waals surface area contributed by atoms with E-state index in [-0.39, 0.29) is 23.2 Å². The van der Waals surface area contributed by atoms with E-state index in [4.69, 9.17) is 9.72 Å². The summed E-state index contributed by atoms with van der Waals surface area (Å²) in [7, 11) is -2.20. The lowest BCUT2D eigenvalue weighted by Gasteiger charge is -2.34. The Labute approximate surface area is 251 Å². The molecule has 0 atom stereocenters. The van der Waals surface area contributed by atoms with Crippen LogP contribution in [-0.2, 0) is 10.0 Å². The summed E-state index contributed by atoms with van der Waals surface area (Å²) >= 11 is 1.69. The summed E-state index contributed by atoms with van der Waals surface area (Å²) in [5, 5.41) is 3.98. The maximum Gasteiger partial charge on any atom is 0.264 e. The molecule has 41 heavy (non-hydrogen) atoms. The number of piperazine rings is 1. The van der Waals surface area contributed by atoms with Gasteiger partial charge in [-0.3, -0.25) is 14.0 Å². The van der Waals surface area contributed by atoms with Crippen molar-refractivity contribution >= 4 is 60.7 Å². The van der Waals surface area contributed by atoms with Crippen molar-refractivity contribution in [3.63, 3.8) is 0 Å². The molecule has 1 aromatic heterocycles. The van der Waals surface area contributed by atoms with Crippen LogP contribution in [0.15, 0.2) is 77.7 Å². The second-order valence-corrected chi connectivity index (χ2v) is 12.5. The number of anilines is 2. The molecular weight excluding hydrogens is 582 g/mol. The lowest BCUT2D eigenvalue weighted by atomic mass is 10.2. The number of para-hydroxylation sites is 1. The zero-order valence-electron chi connectivity index (χ0n) is 23.0. The molecule has 1 N–H and O–H groups in total. The minimum atomic E-state index is -3.72. The molecule has 2 heterocycles. The highest BCUT2D eigenvalue weighted by molar-refractivity contribution is 7.92. The predicted octanol–water partition coefficient (Wildman–Crippen LogP) is 4.49. The molecule has 1 aliphatic rings. The van der Waals surface area contributed by atoms with Crippen LogP contribution < -0.4 is 19.3 Å². The zero-order chi connectivity index (χ0) is 28.1. The molecule has 12 heteroatoms. The van der Waals surface area contributed by atoms with Gasteiger partial charge >= 0.3 is 0 Å². The minimum absolute atomic E-state index is 0. The Balaban J connectivity index is 0.00000387. The van der Waals surface area contributed by atoms with E-state index < -0.39 is 10.0 Å². The van der Waals surface area contributed by atoms with E-state index in [1.165, 1.54) is 23.5 Å². The lowest BCUT2D eigenvalue weighted by molar-refractivity contribution is 0.0947. The highest BCUT2D eigenvalue weighted by atomic mass is 35.5. The standard InChI is InChI=1S/C29H33N5O4S2.ClH/c1-3-38-24-11-14-26-27(21-24)39-29(31-26)34-19-17-33(18-20-34)16-15-30-28(35)22-9-12-25(13-10-22)40(36,37)32(2)23-7-5-4-6-8-23;/h4-14,21H,3,15-20H2,1-2H3,(H,30,35);1H. The number of ether oxygens (including phenoxy) is 1. The van der Waals surface area contributed by atoms with Gasteiger partial charge in [0.2, 0.25) is 0 Å². The summed E-state index contributed by atoms with van der Waals surface area (Å²) in [4.78, 5) is 22.2. The number of sulfonamides is 1. The molecule has 0 spiro atoms. The van der Waals surface area contributed by atoms with Crippen molar-refractivity contribution in [3.8, 4) is 5.75 Å². The highest BCUT2D eigenvalue weighted by Crippen LogP contribution is 2.32. The number of benzene rings is 3. The molecule has 1 amide bonds. The van der Waals surface area contributed by atoms with Crippen molar-refractivity contribution in [1.82, 2.24) is 15.2 Å². The molecule has 0 bridgehead atoms. The van der Waals surface area contributed by atoms with Gasteiger partial charge in [-0.15, -0.1) is 12.4 Å². The molecule has 1 aliphatic heterocycles. The third-order valence-electron chi connectivity index (χ3n) is 6.91. The van der Waals surface area contributed by atoms with E-state index in [0.29, 0.717) is 24.4 Å². The largest absolute Gasteiger partial charge is 0.494 e. The van der Waals surface area contributed by atoms with Crippen molar-refractivity contribution in [1.29, 1.82) is 0 Å². The quantitative estimate of drug-likeness (QED) is 0.281. The van der Waals surface area contributed by atoms with Crippen LogP contribution in [0, 0.1) is 0 Å². The fraction of sp³-hybridized carbons (Fsp3) is 0.310. The van der Waals surface area contributed by atoms with Crippen molar-refractivity contribution in [2.75, 3.05) is 62.1 Å². The molecule has 1 saturated heterocycles. The minimum Gasteiger partial charge on any atom is -0.494 e. The van der Waals surface area contributed by atoms with Gasteiger partial charge in [-0.1, -0.05) is 29.5 Å². The molecule has 1 fully saturated rings.